The van der Waals surface area contributed by atoms with E-state index in [4.69, 9.17) is 35.2 Å². The van der Waals surface area contributed by atoms with E-state index in [1.54, 1.807) is 0 Å². The first-order chi connectivity index (χ1) is 17.0. The first-order valence-corrected chi connectivity index (χ1v) is 11.6. The molecular weight excluding hydrogens is 490 g/mol. The topological polar surface area (TPSA) is 269 Å². The van der Waals surface area contributed by atoms with E-state index in [0.29, 0.717) is 0 Å². The third-order valence-corrected chi connectivity index (χ3v) is 6.59. The van der Waals surface area contributed by atoms with Gasteiger partial charge in [-0.25, -0.2) is 0 Å². The normalized spacial score (nSPS) is 47.9. The molecule has 0 aliphatic carbocycles. The minimum Gasteiger partial charge on any atom is -0.394 e. The Morgan fingerprint density at radius 3 is 1.83 bits per heavy atom. The Morgan fingerprint density at radius 1 is 0.806 bits per heavy atom. The number of hydrogen-bond donors (Lipinski definition) is 10. The fourth-order valence-corrected chi connectivity index (χ4v) is 4.50. The van der Waals surface area contributed by atoms with Crippen LogP contribution in [0.15, 0.2) is 0 Å². The Kier molecular flexibility index (Phi) is 10.3. The Balaban J connectivity index is 1.72. The standard InChI is InChI=1S/C20H37N3O13/c1-6(27)23-7-5-32-9(3-25)17(13(7)28)35-20-12(22)16(31)18(10(4-26)34-20)36-19-11(21)15(30)14(29)8(2-24)33-19/h7-20,24-26,28-31H,2-5,21-22H2,1H3,(H,23,27). The number of aliphatic hydroxyl groups excluding tert-OH is 7. The molecule has 3 aliphatic rings. The summed E-state index contributed by atoms with van der Waals surface area (Å²) in [6.07, 6.45) is -14.7. The molecule has 0 radical (unpaired) electrons. The van der Waals surface area contributed by atoms with Crippen LogP contribution in [0, 0.1) is 0 Å². The average Bonchev–Trinajstić information content (AvgIpc) is 2.85. The highest BCUT2D eigenvalue weighted by Gasteiger charge is 2.51. The van der Waals surface area contributed by atoms with Crippen molar-refractivity contribution in [2.24, 2.45) is 11.5 Å². The molecule has 14 atom stereocenters. The number of amides is 1. The first-order valence-electron chi connectivity index (χ1n) is 11.6. The van der Waals surface area contributed by atoms with E-state index in [2.05, 4.69) is 5.32 Å². The van der Waals surface area contributed by atoms with E-state index < -0.39 is 111 Å². The molecule has 3 aliphatic heterocycles. The van der Waals surface area contributed by atoms with Crippen molar-refractivity contribution in [3.63, 3.8) is 0 Å². The van der Waals surface area contributed by atoms with Crippen molar-refractivity contribution in [2.45, 2.75) is 92.6 Å². The highest BCUT2D eigenvalue weighted by atomic mass is 16.7. The summed E-state index contributed by atoms with van der Waals surface area (Å²) in [5.41, 5.74) is 12.0. The number of nitrogens with two attached hydrogens (primary N) is 2. The summed E-state index contributed by atoms with van der Waals surface area (Å²) in [4.78, 5) is 11.4. The Hall–Kier alpha value is -1.09. The molecule has 0 bridgehead atoms. The number of carbonyl (C=O) groups excluding carboxylic acids is 1. The maximum Gasteiger partial charge on any atom is 0.217 e. The van der Waals surface area contributed by atoms with Crippen molar-refractivity contribution in [1.29, 1.82) is 0 Å². The van der Waals surface area contributed by atoms with Gasteiger partial charge in [-0.3, -0.25) is 4.79 Å². The van der Waals surface area contributed by atoms with Gasteiger partial charge in [-0.05, 0) is 0 Å². The van der Waals surface area contributed by atoms with E-state index in [1.165, 1.54) is 6.92 Å². The van der Waals surface area contributed by atoms with Gasteiger partial charge in [0.2, 0.25) is 5.91 Å². The number of carbonyl (C=O) groups is 1. The van der Waals surface area contributed by atoms with Crippen LogP contribution in [0.25, 0.3) is 0 Å². The van der Waals surface area contributed by atoms with E-state index in [-0.39, 0.29) is 6.61 Å². The van der Waals surface area contributed by atoms with Crippen molar-refractivity contribution >= 4 is 5.91 Å². The fourth-order valence-electron chi connectivity index (χ4n) is 4.50. The molecule has 0 aromatic rings. The summed E-state index contributed by atoms with van der Waals surface area (Å²) < 4.78 is 28.0. The highest BCUT2D eigenvalue weighted by molar-refractivity contribution is 5.73. The number of nitrogens with one attached hydrogen (secondary N) is 1. The number of ether oxygens (including phenoxy) is 5. The smallest absolute Gasteiger partial charge is 0.217 e. The zero-order valence-corrected chi connectivity index (χ0v) is 19.6. The van der Waals surface area contributed by atoms with Gasteiger partial charge in [0, 0.05) is 6.92 Å². The lowest BCUT2D eigenvalue weighted by molar-refractivity contribution is -0.341. The monoisotopic (exact) mass is 527 g/mol. The van der Waals surface area contributed by atoms with Gasteiger partial charge in [-0.1, -0.05) is 0 Å². The molecule has 3 saturated heterocycles. The Labute approximate surface area is 206 Å². The van der Waals surface area contributed by atoms with E-state index in [1.807, 2.05) is 0 Å². The van der Waals surface area contributed by atoms with E-state index >= 15 is 0 Å². The third kappa shape index (κ3) is 6.13. The molecule has 36 heavy (non-hydrogen) atoms. The fraction of sp³-hybridized carbons (Fsp3) is 0.950. The van der Waals surface area contributed by atoms with Gasteiger partial charge in [0.1, 0.15) is 54.9 Å². The van der Waals surface area contributed by atoms with E-state index in [0.717, 1.165) is 0 Å². The van der Waals surface area contributed by atoms with Crippen LogP contribution in [-0.2, 0) is 28.5 Å². The number of rotatable bonds is 8. The molecule has 1 amide bonds. The molecule has 0 aromatic heterocycles. The van der Waals surface area contributed by atoms with Crippen molar-refractivity contribution < 1.29 is 64.2 Å². The number of aliphatic hydroxyl groups is 7. The van der Waals surface area contributed by atoms with Crippen LogP contribution in [-0.4, -0.2) is 154 Å². The molecule has 0 aromatic carbocycles. The van der Waals surface area contributed by atoms with Crippen molar-refractivity contribution in [3.8, 4) is 0 Å². The molecule has 16 nitrogen and oxygen atoms in total. The molecule has 210 valence electrons. The highest BCUT2D eigenvalue weighted by Crippen LogP contribution is 2.30. The van der Waals surface area contributed by atoms with Gasteiger partial charge in [0.05, 0.1) is 44.6 Å². The predicted molar refractivity (Wildman–Crippen MR) is 116 cm³/mol. The van der Waals surface area contributed by atoms with Gasteiger partial charge in [0.15, 0.2) is 12.6 Å². The minimum absolute atomic E-state index is 0.0851. The lowest BCUT2D eigenvalue weighted by Gasteiger charge is -2.48. The summed E-state index contributed by atoms with van der Waals surface area (Å²) in [6.45, 7) is -0.700. The zero-order chi connectivity index (χ0) is 26.7. The zero-order valence-electron chi connectivity index (χ0n) is 19.6. The van der Waals surface area contributed by atoms with Gasteiger partial charge in [0.25, 0.3) is 0 Å². The lowest BCUT2D eigenvalue weighted by atomic mass is 9.94. The second-order valence-electron chi connectivity index (χ2n) is 9.13. The maximum atomic E-state index is 11.4. The van der Waals surface area contributed by atoms with Crippen LogP contribution in [0.2, 0.25) is 0 Å². The van der Waals surface area contributed by atoms with Crippen LogP contribution in [0.1, 0.15) is 6.92 Å². The first kappa shape index (κ1) is 29.5. The van der Waals surface area contributed by atoms with Crippen LogP contribution in [0.5, 0.6) is 0 Å². The Morgan fingerprint density at radius 2 is 1.31 bits per heavy atom. The van der Waals surface area contributed by atoms with Crippen molar-refractivity contribution in [1.82, 2.24) is 5.32 Å². The molecule has 0 saturated carbocycles. The summed E-state index contributed by atoms with van der Waals surface area (Å²) in [7, 11) is 0. The van der Waals surface area contributed by atoms with Gasteiger partial charge in [-0.2, -0.15) is 0 Å². The second-order valence-corrected chi connectivity index (χ2v) is 9.13. The van der Waals surface area contributed by atoms with Gasteiger partial charge < -0.3 is 76.2 Å². The molecule has 3 heterocycles. The minimum atomic E-state index is -1.55. The predicted octanol–water partition coefficient (Wildman–Crippen LogP) is -6.81. The molecule has 12 N–H and O–H groups in total. The quantitative estimate of drug-likeness (QED) is 0.140. The summed E-state index contributed by atoms with van der Waals surface area (Å²) >= 11 is 0. The molecule has 3 rings (SSSR count). The molecule has 3 fully saturated rings. The summed E-state index contributed by atoms with van der Waals surface area (Å²) in [5, 5.41) is 73.1. The van der Waals surface area contributed by atoms with Crippen LogP contribution >= 0.6 is 0 Å². The van der Waals surface area contributed by atoms with Crippen molar-refractivity contribution in [3.05, 3.63) is 0 Å². The van der Waals surface area contributed by atoms with Crippen molar-refractivity contribution in [2.75, 3.05) is 26.4 Å². The van der Waals surface area contributed by atoms with Crippen LogP contribution in [0.3, 0.4) is 0 Å². The van der Waals surface area contributed by atoms with E-state index in [9.17, 15) is 40.5 Å². The van der Waals surface area contributed by atoms with Crippen LogP contribution < -0.4 is 16.8 Å². The van der Waals surface area contributed by atoms with Gasteiger partial charge in [-0.15, -0.1) is 0 Å². The molecule has 0 spiro atoms. The molecular formula is C20H37N3O13. The van der Waals surface area contributed by atoms with Gasteiger partial charge >= 0.3 is 0 Å². The SMILES string of the molecule is CC(=O)NC1COC(CO)C(OC2OC(CO)C(OC3OC(CO)C(O)C(O)C3N)C(O)C2N)C1O. The maximum absolute atomic E-state index is 11.4. The largest absolute Gasteiger partial charge is 0.394 e. The lowest BCUT2D eigenvalue weighted by Crippen LogP contribution is -2.69. The van der Waals surface area contributed by atoms with Crippen LogP contribution in [0.4, 0.5) is 0 Å². The molecule has 14 unspecified atom stereocenters. The molecule has 16 heteroatoms. The summed E-state index contributed by atoms with van der Waals surface area (Å²) in [5.74, 6) is -0.422. The summed E-state index contributed by atoms with van der Waals surface area (Å²) in [6, 6.07) is -3.43. The Bertz CT molecular complexity index is 718. The third-order valence-electron chi connectivity index (χ3n) is 6.59. The number of hydrogen-bond acceptors (Lipinski definition) is 15. The average molecular weight is 528 g/mol. The second kappa shape index (κ2) is 12.6.